The number of aryl methyl sites for hydroxylation is 1. The summed E-state index contributed by atoms with van der Waals surface area (Å²) in [6, 6.07) is 6.64. The molecule has 0 saturated carbocycles. The molecule has 1 aromatic rings. The van der Waals surface area contributed by atoms with Gasteiger partial charge in [0.25, 0.3) is 0 Å². The van der Waals surface area contributed by atoms with E-state index in [1.807, 2.05) is 0 Å². The predicted molar refractivity (Wildman–Crippen MR) is 76.7 cm³/mol. The molecule has 1 aliphatic heterocycles. The topological polar surface area (TPSA) is 61.4 Å². The van der Waals surface area contributed by atoms with Gasteiger partial charge in [-0.3, -0.25) is 4.79 Å². The monoisotopic (exact) mass is 262 g/mol. The van der Waals surface area contributed by atoms with Crippen LogP contribution in [0.25, 0.3) is 0 Å². The van der Waals surface area contributed by atoms with Gasteiger partial charge in [-0.2, -0.15) is 0 Å². The first-order valence-electron chi connectivity index (χ1n) is 7.04. The summed E-state index contributed by atoms with van der Waals surface area (Å²) in [4.78, 5) is 10.4. The molecule has 0 aromatic heterocycles. The van der Waals surface area contributed by atoms with Crippen molar-refractivity contribution < 1.29 is 9.90 Å². The van der Waals surface area contributed by atoms with Crippen LogP contribution in [0, 0.1) is 0 Å². The van der Waals surface area contributed by atoms with Gasteiger partial charge >= 0.3 is 5.97 Å². The van der Waals surface area contributed by atoms with Crippen molar-refractivity contribution >= 4 is 11.7 Å². The van der Waals surface area contributed by atoms with E-state index in [-0.39, 0.29) is 6.42 Å². The van der Waals surface area contributed by atoms with E-state index in [4.69, 9.17) is 5.11 Å². The lowest BCUT2D eigenvalue weighted by Gasteiger charge is -2.18. The number of fused-ring (bicyclic) bond motifs is 1. The minimum Gasteiger partial charge on any atom is -0.481 e. The summed E-state index contributed by atoms with van der Waals surface area (Å²) < 4.78 is 0. The second kappa shape index (κ2) is 7.14. The van der Waals surface area contributed by atoms with Gasteiger partial charge in [0.15, 0.2) is 0 Å². The summed E-state index contributed by atoms with van der Waals surface area (Å²) in [6.45, 7) is 2.77. The predicted octanol–water partition coefficient (Wildman–Crippen LogP) is 2.04. The summed E-state index contributed by atoms with van der Waals surface area (Å²) in [5, 5.41) is 15.2. The Bertz CT molecular complexity index is 432. The highest BCUT2D eigenvalue weighted by molar-refractivity contribution is 5.66. The van der Waals surface area contributed by atoms with Crippen molar-refractivity contribution in [2.45, 2.75) is 32.1 Å². The van der Waals surface area contributed by atoms with Gasteiger partial charge in [-0.05, 0) is 56.0 Å². The van der Waals surface area contributed by atoms with Crippen LogP contribution in [-0.2, 0) is 17.6 Å². The maximum absolute atomic E-state index is 10.4. The molecule has 3 N–H and O–H groups in total. The average Bonchev–Trinajstić information content (AvgIpc) is 2.42. The van der Waals surface area contributed by atoms with E-state index in [2.05, 4.69) is 28.8 Å². The quantitative estimate of drug-likeness (QED) is 0.658. The number of carboxylic acids is 1. The van der Waals surface area contributed by atoms with E-state index in [1.165, 1.54) is 29.7 Å². The van der Waals surface area contributed by atoms with E-state index < -0.39 is 5.97 Å². The zero-order valence-electron chi connectivity index (χ0n) is 11.2. The number of benzene rings is 1. The van der Waals surface area contributed by atoms with Gasteiger partial charge in [0.2, 0.25) is 0 Å². The zero-order chi connectivity index (χ0) is 13.5. The third-order valence-electron chi connectivity index (χ3n) is 3.44. The van der Waals surface area contributed by atoms with Crippen molar-refractivity contribution in [3.05, 3.63) is 29.3 Å². The smallest absolute Gasteiger partial charge is 0.303 e. The fraction of sp³-hybridized carbons (Fsp3) is 0.533. The second-order valence-electron chi connectivity index (χ2n) is 5.02. The summed E-state index contributed by atoms with van der Waals surface area (Å²) in [6.07, 6.45) is 4.33. The number of hydrogen-bond donors (Lipinski definition) is 3. The van der Waals surface area contributed by atoms with E-state index in [0.717, 1.165) is 26.1 Å². The molecule has 0 bridgehead atoms. The maximum Gasteiger partial charge on any atom is 0.303 e. The molecular formula is C15H22N2O2. The molecule has 0 saturated heterocycles. The van der Waals surface area contributed by atoms with Crippen LogP contribution in [0.15, 0.2) is 18.2 Å². The highest BCUT2D eigenvalue weighted by Crippen LogP contribution is 2.22. The molecule has 0 atom stereocenters. The molecule has 4 heteroatoms. The molecule has 1 aliphatic rings. The SMILES string of the molecule is O=C(O)CCCNCCc1ccc2c(c1)CCCN2. The van der Waals surface area contributed by atoms with Crippen LogP contribution >= 0.6 is 0 Å². The number of anilines is 1. The Morgan fingerprint density at radius 3 is 3.11 bits per heavy atom. The van der Waals surface area contributed by atoms with Crippen molar-refractivity contribution in [3.63, 3.8) is 0 Å². The standard InChI is InChI=1S/C15H22N2O2/c18-15(19)4-2-8-16-10-7-12-5-6-14-13(11-12)3-1-9-17-14/h5-6,11,16-17H,1-4,7-10H2,(H,18,19). The molecule has 4 nitrogen and oxygen atoms in total. The number of carbonyl (C=O) groups is 1. The van der Waals surface area contributed by atoms with Crippen molar-refractivity contribution in [3.8, 4) is 0 Å². The number of aliphatic carboxylic acids is 1. The Kier molecular flexibility index (Phi) is 5.21. The summed E-state index contributed by atoms with van der Waals surface area (Å²) in [5.41, 5.74) is 4.06. The van der Waals surface area contributed by atoms with Crippen LogP contribution in [0.1, 0.15) is 30.4 Å². The Morgan fingerprint density at radius 2 is 2.26 bits per heavy atom. The number of hydrogen-bond acceptors (Lipinski definition) is 3. The lowest BCUT2D eigenvalue weighted by atomic mass is 9.99. The zero-order valence-corrected chi connectivity index (χ0v) is 11.2. The third kappa shape index (κ3) is 4.56. The van der Waals surface area contributed by atoms with E-state index >= 15 is 0 Å². The maximum atomic E-state index is 10.4. The first-order chi connectivity index (χ1) is 9.25. The van der Waals surface area contributed by atoms with Gasteiger partial charge in [-0.25, -0.2) is 0 Å². The lowest BCUT2D eigenvalue weighted by Crippen LogP contribution is -2.19. The van der Waals surface area contributed by atoms with Gasteiger partial charge in [0, 0.05) is 18.7 Å². The molecule has 2 rings (SSSR count). The summed E-state index contributed by atoms with van der Waals surface area (Å²) in [5.74, 6) is -0.719. The normalized spacial score (nSPS) is 13.7. The van der Waals surface area contributed by atoms with Crippen molar-refractivity contribution in [1.29, 1.82) is 0 Å². The van der Waals surface area contributed by atoms with Crippen LogP contribution in [-0.4, -0.2) is 30.7 Å². The highest BCUT2D eigenvalue weighted by atomic mass is 16.4. The first-order valence-corrected chi connectivity index (χ1v) is 7.04. The van der Waals surface area contributed by atoms with E-state index in [1.54, 1.807) is 0 Å². The Hall–Kier alpha value is -1.55. The summed E-state index contributed by atoms with van der Waals surface area (Å²) in [7, 11) is 0. The van der Waals surface area contributed by atoms with Crippen LogP contribution < -0.4 is 10.6 Å². The number of carboxylic acid groups (broad SMARTS) is 1. The molecular weight excluding hydrogens is 240 g/mol. The third-order valence-corrected chi connectivity index (χ3v) is 3.44. The first kappa shape index (κ1) is 13.9. The van der Waals surface area contributed by atoms with Crippen molar-refractivity contribution in [2.24, 2.45) is 0 Å². The molecule has 104 valence electrons. The Balaban J connectivity index is 1.70. The largest absolute Gasteiger partial charge is 0.481 e. The molecule has 0 fully saturated rings. The van der Waals surface area contributed by atoms with E-state index in [0.29, 0.717) is 6.42 Å². The van der Waals surface area contributed by atoms with Crippen LogP contribution in [0.5, 0.6) is 0 Å². The fourth-order valence-electron chi connectivity index (χ4n) is 2.41. The number of rotatable bonds is 7. The Labute approximate surface area is 114 Å². The van der Waals surface area contributed by atoms with Crippen LogP contribution in [0.2, 0.25) is 0 Å². The average molecular weight is 262 g/mol. The lowest BCUT2D eigenvalue weighted by molar-refractivity contribution is -0.137. The highest BCUT2D eigenvalue weighted by Gasteiger charge is 2.08. The molecule has 0 spiro atoms. The van der Waals surface area contributed by atoms with Gasteiger partial charge in [-0.1, -0.05) is 12.1 Å². The van der Waals surface area contributed by atoms with E-state index in [9.17, 15) is 4.79 Å². The molecule has 0 amide bonds. The van der Waals surface area contributed by atoms with Gasteiger partial charge in [0.1, 0.15) is 0 Å². The molecule has 0 aliphatic carbocycles. The molecule has 1 heterocycles. The number of nitrogens with one attached hydrogen (secondary N) is 2. The second-order valence-corrected chi connectivity index (χ2v) is 5.02. The van der Waals surface area contributed by atoms with Crippen molar-refractivity contribution in [1.82, 2.24) is 5.32 Å². The summed E-state index contributed by atoms with van der Waals surface area (Å²) >= 11 is 0. The molecule has 19 heavy (non-hydrogen) atoms. The van der Waals surface area contributed by atoms with Crippen LogP contribution in [0.4, 0.5) is 5.69 Å². The minimum atomic E-state index is -0.719. The van der Waals surface area contributed by atoms with Crippen molar-refractivity contribution in [2.75, 3.05) is 25.0 Å². The Morgan fingerprint density at radius 1 is 1.37 bits per heavy atom. The van der Waals surface area contributed by atoms with Gasteiger partial charge in [-0.15, -0.1) is 0 Å². The van der Waals surface area contributed by atoms with Gasteiger partial charge in [0.05, 0.1) is 0 Å². The van der Waals surface area contributed by atoms with Crippen LogP contribution in [0.3, 0.4) is 0 Å². The molecule has 0 unspecified atom stereocenters. The molecule has 0 radical (unpaired) electrons. The fourth-order valence-corrected chi connectivity index (χ4v) is 2.41. The van der Waals surface area contributed by atoms with Gasteiger partial charge < -0.3 is 15.7 Å². The molecule has 1 aromatic carbocycles. The minimum absolute atomic E-state index is 0.248.